The van der Waals surface area contributed by atoms with Gasteiger partial charge in [0.2, 0.25) is 0 Å². The highest BCUT2D eigenvalue weighted by atomic mass is 19.3. The highest BCUT2D eigenvalue weighted by molar-refractivity contribution is 4.30. The Kier molecular flexibility index (Phi) is 7.59. The predicted octanol–water partition coefficient (Wildman–Crippen LogP) is 1.51. The van der Waals surface area contributed by atoms with Crippen molar-refractivity contribution in [2.75, 3.05) is 21.3 Å². The van der Waals surface area contributed by atoms with Gasteiger partial charge in [0, 0.05) is 28.3 Å². The lowest BCUT2D eigenvalue weighted by Crippen LogP contribution is -2.10. The monoisotopic (exact) mass is 142 g/mol. The van der Waals surface area contributed by atoms with E-state index in [2.05, 4.69) is 9.47 Å². The van der Waals surface area contributed by atoms with Gasteiger partial charge in [-0.15, -0.1) is 0 Å². The summed E-state index contributed by atoms with van der Waals surface area (Å²) in [7, 11) is 4.21. The van der Waals surface area contributed by atoms with Gasteiger partial charge in [-0.2, -0.15) is 8.78 Å². The first-order valence-corrected chi connectivity index (χ1v) is 2.31. The first kappa shape index (κ1) is 11.6. The fraction of sp³-hybridized carbons (Fsp3) is 1.00. The van der Waals surface area contributed by atoms with Crippen LogP contribution in [0.15, 0.2) is 0 Å². The fourth-order valence-electron chi connectivity index (χ4n) is 0. The van der Waals surface area contributed by atoms with E-state index in [0.29, 0.717) is 6.92 Å². The predicted molar refractivity (Wildman–Crippen MR) is 30.6 cm³/mol. The van der Waals surface area contributed by atoms with Crippen LogP contribution in [0.5, 0.6) is 0 Å². The molecular weight excluding hydrogens is 130 g/mol. The Morgan fingerprint density at radius 1 is 1.11 bits per heavy atom. The minimum atomic E-state index is -2.96. The Balaban J connectivity index is 0. The molecule has 0 spiro atoms. The van der Waals surface area contributed by atoms with Crippen molar-refractivity contribution < 1.29 is 18.3 Å². The first-order chi connectivity index (χ1) is 3.97. The molecule has 0 bridgehead atoms. The highest BCUT2D eigenvalue weighted by Crippen LogP contribution is 2.09. The molecule has 0 N–H and O–H groups in total. The van der Waals surface area contributed by atoms with E-state index in [1.165, 1.54) is 0 Å². The van der Waals surface area contributed by atoms with Crippen LogP contribution in [0.4, 0.5) is 8.78 Å². The molecule has 9 heavy (non-hydrogen) atoms. The fourth-order valence-corrected chi connectivity index (χ4v) is 0. The summed E-state index contributed by atoms with van der Waals surface area (Å²) < 4.78 is 30.3. The summed E-state index contributed by atoms with van der Waals surface area (Å²) in [6.07, 6.45) is -2.96. The lowest BCUT2D eigenvalue weighted by Gasteiger charge is -2.03. The van der Waals surface area contributed by atoms with Gasteiger partial charge < -0.3 is 9.47 Å². The molecule has 0 fully saturated rings. The normalized spacial score (nSPS) is 10.0. The van der Waals surface area contributed by atoms with Gasteiger partial charge >= 0.3 is 6.11 Å². The maximum absolute atomic E-state index is 11.2. The van der Waals surface area contributed by atoms with Gasteiger partial charge in [0.1, 0.15) is 0 Å². The van der Waals surface area contributed by atoms with E-state index in [9.17, 15) is 8.78 Å². The van der Waals surface area contributed by atoms with E-state index in [1.54, 1.807) is 14.2 Å². The van der Waals surface area contributed by atoms with Crippen LogP contribution in [0.2, 0.25) is 0 Å². The third-order valence-electron chi connectivity index (χ3n) is 0.358. The number of halogens is 2. The summed E-state index contributed by atoms with van der Waals surface area (Å²) in [5.41, 5.74) is 0. The molecule has 0 heterocycles. The number of rotatable bonds is 1. The average molecular weight is 142 g/mol. The third-order valence-corrected chi connectivity index (χ3v) is 0.358. The molecular formula is C5H12F2O2. The largest absolute Gasteiger partial charge is 0.388 e. The molecule has 2 nitrogen and oxygen atoms in total. The quantitative estimate of drug-likeness (QED) is 0.552. The molecule has 0 saturated heterocycles. The molecule has 0 atom stereocenters. The average Bonchev–Trinajstić information content (AvgIpc) is 1.67. The standard InChI is InChI=1S/C3H6F2O.C2H6O/c1-3(4,5)6-2;1-3-2/h1-2H3;1-2H3. The Labute approximate surface area is 53.8 Å². The third kappa shape index (κ3) is 33.6. The summed E-state index contributed by atoms with van der Waals surface area (Å²) >= 11 is 0. The van der Waals surface area contributed by atoms with E-state index >= 15 is 0 Å². The van der Waals surface area contributed by atoms with Crippen molar-refractivity contribution in [3.63, 3.8) is 0 Å². The summed E-state index contributed by atoms with van der Waals surface area (Å²) in [6.45, 7) is 0.688. The Bertz CT molecular complexity index is 51.4. The van der Waals surface area contributed by atoms with Crippen LogP contribution >= 0.6 is 0 Å². The van der Waals surface area contributed by atoms with Gasteiger partial charge in [0.05, 0.1) is 0 Å². The van der Waals surface area contributed by atoms with Crippen LogP contribution in [0.3, 0.4) is 0 Å². The summed E-state index contributed by atoms with van der Waals surface area (Å²) in [5, 5.41) is 0. The molecule has 0 aromatic rings. The molecule has 0 aromatic heterocycles. The molecule has 0 rings (SSSR count). The Morgan fingerprint density at radius 3 is 1.22 bits per heavy atom. The number of alkyl halides is 2. The van der Waals surface area contributed by atoms with Crippen LogP contribution in [-0.4, -0.2) is 27.4 Å². The van der Waals surface area contributed by atoms with Gasteiger partial charge in [0.15, 0.2) is 0 Å². The molecule has 0 aliphatic carbocycles. The van der Waals surface area contributed by atoms with Crippen molar-refractivity contribution in [1.82, 2.24) is 0 Å². The molecule has 0 amide bonds. The lowest BCUT2D eigenvalue weighted by atomic mass is 10.8. The van der Waals surface area contributed by atoms with Crippen molar-refractivity contribution in [1.29, 1.82) is 0 Å². The first-order valence-electron chi connectivity index (χ1n) is 2.31. The van der Waals surface area contributed by atoms with Crippen molar-refractivity contribution in [3.8, 4) is 0 Å². The van der Waals surface area contributed by atoms with Crippen molar-refractivity contribution >= 4 is 0 Å². The van der Waals surface area contributed by atoms with E-state index in [4.69, 9.17) is 0 Å². The highest BCUT2D eigenvalue weighted by Gasteiger charge is 2.17. The second-order valence-electron chi connectivity index (χ2n) is 1.42. The zero-order chi connectivity index (χ0) is 7.91. The molecule has 58 valence electrons. The molecule has 0 aliphatic heterocycles. The van der Waals surface area contributed by atoms with Gasteiger partial charge in [-0.05, 0) is 0 Å². The van der Waals surface area contributed by atoms with Crippen molar-refractivity contribution in [2.45, 2.75) is 13.0 Å². The van der Waals surface area contributed by atoms with Gasteiger partial charge in [-0.1, -0.05) is 0 Å². The van der Waals surface area contributed by atoms with Crippen molar-refractivity contribution in [3.05, 3.63) is 0 Å². The minimum Gasteiger partial charge on any atom is -0.388 e. The summed E-state index contributed by atoms with van der Waals surface area (Å²) in [5.74, 6) is 0. The Morgan fingerprint density at radius 2 is 1.22 bits per heavy atom. The number of methoxy groups -OCH3 is 2. The van der Waals surface area contributed by atoms with Crippen LogP contribution in [0.1, 0.15) is 6.92 Å². The minimum absolute atomic E-state index is 0.688. The number of hydrogen-bond donors (Lipinski definition) is 0. The van der Waals surface area contributed by atoms with E-state index in [1.807, 2.05) is 0 Å². The van der Waals surface area contributed by atoms with Gasteiger partial charge in [-0.25, -0.2) is 0 Å². The van der Waals surface area contributed by atoms with Crippen LogP contribution < -0.4 is 0 Å². The van der Waals surface area contributed by atoms with Crippen LogP contribution in [-0.2, 0) is 9.47 Å². The number of ether oxygens (including phenoxy) is 2. The molecule has 0 radical (unpaired) electrons. The second-order valence-corrected chi connectivity index (χ2v) is 1.42. The van der Waals surface area contributed by atoms with Crippen LogP contribution in [0.25, 0.3) is 0 Å². The number of hydrogen-bond acceptors (Lipinski definition) is 2. The Hall–Kier alpha value is -0.220. The molecule has 0 unspecified atom stereocenters. The van der Waals surface area contributed by atoms with Gasteiger partial charge in [-0.3, -0.25) is 0 Å². The second kappa shape index (κ2) is 5.91. The maximum Gasteiger partial charge on any atom is 0.352 e. The summed E-state index contributed by atoms with van der Waals surface area (Å²) in [6, 6.07) is 0. The summed E-state index contributed by atoms with van der Waals surface area (Å²) in [4.78, 5) is 0. The van der Waals surface area contributed by atoms with E-state index < -0.39 is 6.11 Å². The lowest BCUT2D eigenvalue weighted by molar-refractivity contribution is -0.205. The molecule has 4 heteroatoms. The topological polar surface area (TPSA) is 18.5 Å². The molecule has 0 aliphatic rings. The zero-order valence-electron chi connectivity index (χ0n) is 6.07. The molecule has 0 saturated carbocycles. The van der Waals surface area contributed by atoms with E-state index in [0.717, 1.165) is 7.11 Å². The van der Waals surface area contributed by atoms with Crippen LogP contribution in [0, 0.1) is 0 Å². The zero-order valence-corrected chi connectivity index (χ0v) is 6.07. The smallest absolute Gasteiger partial charge is 0.352 e. The van der Waals surface area contributed by atoms with Gasteiger partial charge in [0.25, 0.3) is 0 Å². The van der Waals surface area contributed by atoms with Crippen molar-refractivity contribution in [2.24, 2.45) is 0 Å². The van der Waals surface area contributed by atoms with E-state index in [-0.39, 0.29) is 0 Å². The molecule has 0 aromatic carbocycles. The SMILES string of the molecule is COC.COC(C)(F)F. The maximum atomic E-state index is 11.2.